The summed E-state index contributed by atoms with van der Waals surface area (Å²) in [4.78, 5) is 0. The van der Waals surface area contributed by atoms with Crippen LogP contribution in [-0.2, 0) is 4.74 Å². The summed E-state index contributed by atoms with van der Waals surface area (Å²) in [5, 5.41) is 13.3. The second kappa shape index (κ2) is 5.89. The van der Waals surface area contributed by atoms with E-state index in [9.17, 15) is 5.11 Å². The van der Waals surface area contributed by atoms with Gasteiger partial charge in [0.1, 0.15) is 0 Å². The van der Waals surface area contributed by atoms with Crippen molar-refractivity contribution >= 4 is 11.4 Å². The van der Waals surface area contributed by atoms with Crippen LogP contribution in [0.4, 0.5) is 11.4 Å². The van der Waals surface area contributed by atoms with E-state index in [2.05, 4.69) is 5.32 Å². The predicted molar refractivity (Wildman–Crippen MR) is 71.2 cm³/mol. The molecule has 0 aliphatic carbocycles. The highest BCUT2D eigenvalue weighted by Gasteiger charge is 2.19. The number of nitrogen functional groups attached to an aromatic ring is 1. The molecular formula is C13H22N2O2. The third kappa shape index (κ3) is 4.63. The highest BCUT2D eigenvalue weighted by molar-refractivity contribution is 5.67. The first-order chi connectivity index (χ1) is 7.94. The minimum absolute atomic E-state index is 0.448. The van der Waals surface area contributed by atoms with Crippen LogP contribution in [0.2, 0.25) is 0 Å². The molecule has 0 bridgehead atoms. The number of hydrogen-bond donors (Lipinski definition) is 3. The molecule has 96 valence electrons. The topological polar surface area (TPSA) is 67.5 Å². The van der Waals surface area contributed by atoms with Gasteiger partial charge >= 0.3 is 0 Å². The fourth-order valence-electron chi connectivity index (χ4n) is 1.52. The quantitative estimate of drug-likeness (QED) is 0.661. The van der Waals surface area contributed by atoms with Gasteiger partial charge in [0, 0.05) is 26.7 Å². The SMILES string of the molecule is COCCC(C)(O)CNc1cc(C)ccc1N. The number of nitrogens with two attached hydrogens (primary N) is 1. The molecule has 1 rings (SSSR count). The van der Waals surface area contributed by atoms with Gasteiger partial charge in [-0.15, -0.1) is 0 Å². The smallest absolute Gasteiger partial charge is 0.0813 e. The summed E-state index contributed by atoms with van der Waals surface area (Å²) in [6, 6.07) is 5.80. The first-order valence-electron chi connectivity index (χ1n) is 5.76. The zero-order chi connectivity index (χ0) is 12.9. The number of methoxy groups -OCH3 is 1. The van der Waals surface area contributed by atoms with Gasteiger partial charge in [-0.3, -0.25) is 0 Å². The Morgan fingerprint density at radius 3 is 2.82 bits per heavy atom. The van der Waals surface area contributed by atoms with Gasteiger partial charge in [0.15, 0.2) is 0 Å². The number of aryl methyl sites for hydroxylation is 1. The summed E-state index contributed by atoms with van der Waals surface area (Å²) < 4.78 is 4.96. The Morgan fingerprint density at radius 1 is 1.47 bits per heavy atom. The molecule has 1 aromatic rings. The third-order valence-electron chi connectivity index (χ3n) is 2.71. The lowest BCUT2D eigenvalue weighted by Crippen LogP contribution is -2.34. The molecule has 4 nitrogen and oxygen atoms in total. The van der Waals surface area contributed by atoms with Crippen molar-refractivity contribution in [1.29, 1.82) is 0 Å². The van der Waals surface area contributed by atoms with Gasteiger partial charge in [-0.1, -0.05) is 6.07 Å². The summed E-state index contributed by atoms with van der Waals surface area (Å²) >= 11 is 0. The maximum atomic E-state index is 10.1. The number of nitrogens with one attached hydrogen (secondary N) is 1. The van der Waals surface area contributed by atoms with Crippen LogP contribution in [0.5, 0.6) is 0 Å². The zero-order valence-electron chi connectivity index (χ0n) is 10.8. The summed E-state index contributed by atoms with van der Waals surface area (Å²) in [5.41, 5.74) is 7.74. The van der Waals surface area contributed by atoms with Gasteiger partial charge < -0.3 is 20.9 Å². The monoisotopic (exact) mass is 238 g/mol. The van der Waals surface area contributed by atoms with Crippen LogP contribution in [0.3, 0.4) is 0 Å². The number of ether oxygens (including phenoxy) is 1. The summed E-state index contributed by atoms with van der Waals surface area (Å²) in [6.07, 6.45) is 0.586. The summed E-state index contributed by atoms with van der Waals surface area (Å²) in [6.45, 7) is 4.78. The van der Waals surface area contributed by atoms with Gasteiger partial charge in [0.2, 0.25) is 0 Å². The number of benzene rings is 1. The van der Waals surface area contributed by atoms with Crippen molar-refractivity contribution in [3.63, 3.8) is 0 Å². The number of rotatable bonds is 6. The van der Waals surface area contributed by atoms with Crippen LogP contribution in [0, 0.1) is 6.92 Å². The van der Waals surface area contributed by atoms with E-state index in [0.29, 0.717) is 25.3 Å². The molecule has 0 heterocycles. The van der Waals surface area contributed by atoms with E-state index in [-0.39, 0.29) is 0 Å². The molecule has 1 aromatic carbocycles. The number of aliphatic hydroxyl groups is 1. The molecule has 0 saturated heterocycles. The van der Waals surface area contributed by atoms with Crippen LogP contribution in [0.25, 0.3) is 0 Å². The lowest BCUT2D eigenvalue weighted by Gasteiger charge is -2.24. The molecule has 4 heteroatoms. The summed E-state index contributed by atoms with van der Waals surface area (Å²) in [7, 11) is 1.63. The number of hydrogen-bond acceptors (Lipinski definition) is 4. The van der Waals surface area contributed by atoms with E-state index >= 15 is 0 Å². The van der Waals surface area contributed by atoms with Crippen molar-refractivity contribution in [3.05, 3.63) is 23.8 Å². The molecule has 0 saturated carbocycles. The average Bonchev–Trinajstić information content (AvgIpc) is 2.28. The van der Waals surface area contributed by atoms with E-state index in [4.69, 9.17) is 10.5 Å². The van der Waals surface area contributed by atoms with E-state index in [1.807, 2.05) is 25.1 Å². The second-order valence-electron chi connectivity index (χ2n) is 4.68. The van der Waals surface area contributed by atoms with E-state index < -0.39 is 5.60 Å². The molecule has 0 fully saturated rings. The minimum Gasteiger partial charge on any atom is -0.397 e. The van der Waals surface area contributed by atoms with Crippen molar-refractivity contribution in [2.75, 3.05) is 31.3 Å². The van der Waals surface area contributed by atoms with Gasteiger partial charge in [0.25, 0.3) is 0 Å². The predicted octanol–water partition coefficient (Wildman–Crippen LogP) is 1.78. The normalized spacial score (nSPS) is 14.4. The third-order valence-corrected chi connectivity index (χ3v) is 2.71. The van der Waals surface area contributed by atoms with Gasteiger partial charge in [0.05, 0.1) is 17.0 Å². The van der Waals surface area contributed by atoms with Crippen LogP contribution < -0.4 is 11.1 Å². The molecule has 1 atom stereocenters. The molecular weight excluding hydrogens is 216 g/mol. The Hall–Kier alpha value is -1.26. The molecule has 17 heavy (non-hydrogen) atoms. The molecule has 0 spiro atoms. The van der Waals surface area contributed by atoms with Crippen molar-refractivity contribution in [1.82, 2.24) is 0 Å². The van der Waals surface area contributed by atoms with Crippen molar-refractivity contribution < 1.29 is 9.84 Å². The molecule has 0 radical (unpaired) electrons. The van der Waals surface area contributed by atoms with E-state index in [1.54, 1.807) is 14.0 Å². The number of anilines is 2. The van der Waals surface area contributed by atoms with E-state index in [1.165, 1.54) is 0 Å². The minimum atomic E-state index is -0.799. The van der Waals surface area contributed by atoms with Crippen molar-refractivity contribution in [3.8, 4) is 0 Å². The Labute approximate surface area is 103 Å². The summed E-state index contributed by atoms with van der Waals surface area (Å²) in [5.74, 6) is 0. The highest BCUT2D eigenvalue weighted by atomic mass is 16.5. The zero-order valence-corrected chi connectivity index (χ0v) is 10.8. The van der Waals surface area contributed by atoms with Crippen molar-refractivity contribution in [2.24, 2.45) is 0 Å². The molecule has 0 amide bonds. The average molecular weight is 238 g/mol. The molecule has 0 aliphatic rings. The van der Waals surface area contributed by atoms with E-state index in [0.717, 1.165) is 11.3 Å². The lowest BCUT2D eigenvalue weighted by molar-refractivity contribution is 0.0358. The van der Waals surface area contributed by atoms with Crippen LogP contribution in [0.1, 0.15) is 18.9 Å². The Kier molecular flexibility index (Phi) is 4.78. The fraction of sp³-hybridized carbons (Fsp3) is 0.538. The van der Waals surface area contributed by atoms with Crippen LogP contribution in [-0.4, -0.2) is 31.0 Å². The Bertz CT molecular complexity index is 364. The largest absolute Gasteiger partial charge is 0.397 e. The highest BCUT2D eigenvalue weighted by Crippen LogP contribution is 2.21. The van der Waals surface area contributed by atoms with Crippen LogP contribution in [0.15, 0.2) is 18.2 Å². The lowest BCUT2D eigenvalue weighted by atomic mass is 10.0. The first-order valence-corrected chi connectivity index (χ1v) is 5.76. The molecule has 0 aliphatic heterocycles. The van der Waals surface area contributed by atoms with Crippen molar-refractivity contribution in [2.45, 2.75) is 25.9 Å². The second-order valence-corrected chi connectivity index (χ2v) is 4.68. The Balaban J connectivity index is 2.57. The maximum absolute atomic E-state index is 10.1. The van der Waals surface area contributed by atoms with Gasteiger partial charge in [-0.25, -0.2) is 0 Å². The van der Waals surface area contributed by atoms with Crippen LogP contribution >= 0.6 is 0 Å². The maximum Gasteiger partial charge on any atom is 0.0813 e. The molecule has 4 N–H and O–H groups in total. The van der Waals surface area contributed by atoms with Gasteiger partial charge in [-0.2, -0.15) is 0 Å². The standard InChI is InChI=1S/C13H22N2O2/c1-10-4-5-11(14)12(8-10)15-9-13(2,16)6-7-17-3/h4-5,8,15-16H,6-7,9,14H2,1-3H3. The Morgan fingerprint density at radius 2 is 2.18 bits per heavy atom. The molecule has 0 aromatic heterocycles. The molecule has 1 unspecified atom stereocenters. The first kappa shape index (κ1) is 13.8. The van der Waals surface area contributed by atoms with Gasteiger partial charge in [-0.05, 0) is 31.5 Å². The fourth-order valence-corrected chi connectivity index (χ4v) is 1.52.